The van der Waals surface area contributed by atoms with Gasteiger partial charge in [0.2, 0.25) is 12.7 Å². The number of likely N-dealkylation sites (tertiary alicyclic amines) is 1. The van der Waals surface area contributed by atoms with Crippen molar-refractivity contribution in [3.05, 3.63) is 23.9 Å². The summed E-state index contributed by atoms with van der Waals surface area (Å²) in [5, 5.41) is 1.09. The highest BCUT2D eigenvalue weighted by molar-refractivity contribution is 5.94. The molecule has 26 heavy (non-hydrogen) atoms. The lowest BCUT2D eigenvalue weighted by Gasteiger charge is -2.39. The molecule has 2 aromatic rings. The fraction of sp³-hybridized carbons (Fsp3) is 0.500. The molecule has 0 unspecified atom stereocenters. The van der Waals surface area contributed by atoms with Gasteiger partial charge in [-0.3, -0.25) is 9.78 Å². The Morgan fingerprint density at radius 1 is 1.12 bits per heavy atom. The summed E-state index contributed by atoms with van der Waals surface area (Å²) in [7, 11) is 0. The van der Waals surface area contributed by atoms with Crippen LogP contribution in [0.25, 0.3) is 10.9 Å². The van der Waals surface area contributed by atoms with Gasteiger partial charge in [0.25, 0.3) is 0 Å². The Balaban J connectivity index is 1.52. The lowest BCUT2D eigenvalue weighted by molar-refractivity contribution is -0.129. The summed E-state index contributed by atoms with van der Waals surface area (Å²) < 4.78 is 11.1. The van der Waals surface area contributed by atoms with Gasteiger partial charge in [-0.15, -0.1) is 0 Å². The lowest BCUT2D eigenvalue weighted by Crippen LogP contribution is -2.48. The predicted molar refractivity (Wildman–Crippen MR) is 98.8 cm³/mol. The first-order valence-electron chi connectivity index (χ1n) is 9.44. The van der Waals surface area contributed by atoms with Crippen LogP contribution in [0.5, 0.6) is 11.5 Å². The number of carbonyl (C=O) groups is 1. The number of nitrogens with zero attached hydrogens (tertiary/aromatic N) is 3. The molecule has 0 aliphatic carbocycles. The van der Waals surface area contributed by atoms with E-state index < -0.39 is 0 Å². The number of hydrogen-bond acceptors (Lipinski definition) is 5. The summed E-state index contributed by atoms with van der Waals surface area (Å²) in [4.78, 5) is 21.4. The second-order valence-electron chi connectivity index (χ2n) is 7.44. The number of amides is 1. The number of rotatable bonds is 2. The van der Waals surface area contributed by atoms with Gasteiger partial charge in [0, 0.05) is 54.9 Å². The maximum Gasteiger partial charge on any atom is 0.231 e. The van der Waals surface area contributed by atoms with E-state index in [1.165, 1.54) is 5.69 Å². The Kier molecular flexibility index (Phi) is 3.65. The van der Waals surface area contributed by atoms with Crippen LogP contribution < -0.4 is 14.4 Å². The van der Waals surface area contributed by atoms with Crippen LogP contribution in [0.4, 0.5) is 5.69 Å². The normalized spacial score (nSPS) is 22.5. The number of hydrogen-bond donors (Lipinski definition) is 0. The van der Waals surface area contributed by atoms with Crippen molar-refractivity contribution in [3.63, 3.8) is 0 Å². The fourth-order valence-electron chi connectivity index (χ4n) is 4.47. The third-order valence-electron chi connectivity index (χ3n) is 5.70. The Hall–Kier alpha value is -2.50. The van der Waals surface area contributed by atoms with Gasteiger partial charge in [-0.25, -0.2) is 0 Å². The summed E-state index contributed by atoms with van der Waals surface area (Å²) in [6.45, 7) is 5.10. The zero-order valence-corrected chi connectivity index (χ0v) is 15.0. The third-order valence-corrected chi connectivity index (χ3v) is 5.70. The number of anilines is 1. The summed E-state index contributed by atoms with van der Waals surface area (Å²) >= 11 is 0. The zero-order valence-electron chi connectivity index (χ0n) is 15.0. The van der Waals surface area contributed by atoms with Gasteiger partial charge in [-0.05, 0) is 38.3 Å². The Morgan fingerprint density at radius 3 is 2.77 bits per heavy atom. The molecule has 6 heteroatoms. The summed E-state index contributed by atoms with van der Waals surface area (Å²) in [6, 6.07) is 6.49. The van der Waals surface area contributed by atoms with Gasteiger partial charge in [0.05, 0.1) is 5.52 Å². The number of aryl methyl sites for hydroxylation is 1. The highest BCUT2D eigenvalue weighted by Crippen LogP contribution is 2.39. The summed E-state index contributed by atoms with van der Waals surface area (Å²) in [5.74, 6) is 1.87. The standard InChI is InChI=1S/C20H23N3O3/c1-13-8-17(15-9-18-19(26-12-25-18)10-16(15)21-13)22-6-2-4-14(11-22)23-7-3-5-20(23)24/h8-10,14H,2-7,11-12H2,1H3/t14-/m0/s1. The van der Waals surface area contributed by atoms with Crippen molar-refractivity contribution in [2.24, 2.45) is 0 Å². The molecule has 0 N–H and O–H groups in total. The van der Waals surface area contributed by atoms with E-state index >= 15 is 0 Å². The number of pyridine rings is 1. The molecule has 3 aliphatic heterocycles. The van der Waals surface area contributed by atoms with Crippen LogP contribution in [0.1, 0.15) is 31.4 Å². The average molecular weight is 353 g/mol. The second kappa shape index (κ2) is 6.04. The molecule has 0 bridgehead atoms. The smallest absolute Gasteiger partial charge is 0.231 e. The van der Waals surface area contributed by atoms with Gasteiger partial charge < -0.3 is 19.3 Å². The minimum Gasteiger partial charge on any atom is -0.454 e. The molecule has 1 aromatic carbocycles. The van der Waals surface area contributed by atoms with Crippen molar-refractivity contribution in [3.8, 4) is 11.5 Å². The minimum absolute atomic E-state index is 0.267. The van der Waals surface area contributed by atoms with E-state index in [1.54, 1.807) is 0 Å². The van der Waals surface area contributed by atoms with Crippen LogP contribution in [0, 0.1) is 6.92 Å². The van der Waals surface area contributed by atoms with Crippen molar-refractivity contribution in [1.82, 2.24) is 9.88 Å². The van der Waals surface area contributed by atoms with Gasteiger partial charge in [-0.2, -0.15) is 0 Å². The molecule has 0 saturated carbocycles. The van der Waals surface area contributed by atoms with E-state index in [0.29, 0.717) is 18.4 Å². The number of fused-ring (bicyclic) bond motifs is 2. The van der Waals surface area contributed by atoms with Crippen molar-refractivity contribution in [2.45, 2.75) is 38.6 Å². The zero-order chi connectivity index (χ0) is 17.7. The monoisotopic (exact) mass is 353 g/mol. The van der Waals surface area contributed by atoms with Gasteiger partial charge in [0.15, 0.2) is 11.5 Å². The molecular weight excluding hydrogens is 330 g/mol. The van der Waals surface area contributed by atoms with Crippen molar-refractivity contribution in [1.29, 1.82) is 0 Å². The van der Waals surface area contributed by atoms with Crippen LogP contribution in [0.3, 0.4) is 0 Å². The molecule has 5 rings (SSSR count). The first kappa shape index (κ1) is 15.7. The Bertz CT molecular complexity index is 882. The van der Waals surface area contributed by atoms with Gasteiger partial charge >= 0.3 is 0 Å². The largest absolute Gasteiger partial charge is 0.454 e. The quantitative estimate of drug-likeness (QED) is 0.831. The predicted octanol–water partition coefficient (Wildman–Crippen LogP) is 2.86. The van der Waals surface area contributed by atoms with Crippen LogP contribution in [-0.4, -0.2) is 48.3 Å². The molecule has 4 heterocycles. The molecule has 2 fully saturated rings. The van der Waals surface area contributed by atoms with Crippen molar-refractivity contribution < 1.29 is 14.3 Å². The molecule has 1 aromatic heterocycles. The van der Waals surface area contributed by atoms with E-state index in [9.17, 15) is 4.79 Å². The molecule has 136 valence electrons. The fourth-order valence-corrected chi connectivity index (χ4v) is 4.47. The molecule has 6 nitrogen and oxygen atoms in total. The number of piperidine rings is 1. The van der Waals surface area contributed by atoms with Gasteiger partial charge in [-0.1, -0.05) is 0 Å². The molecule has 1 amide bonds. The van der Waals surface area contributed by atoms with Crippen LogP contribution in [-0.2, 0) is 4.79 Å². The van der Waals surface area contributed by atoms with E-state index in [2.05, 4.69) is 15.9 Å². The summed E-state index contributed by atoms with van der Waals surface area (Å²) in [6.07, 6.45) is 3.89. The lowest BCUT2D eigenvalue weighted by atomic mass is 10.0. The molecule has 2 saturated heterocycles. The molecule has 0 radical (unpaired) electrons. The third kappa shape index (κ3) is 2.55. The maximum atomic E-state index is 12.2. The number of carbonyl (C=O) groups excluding carboxylic acids is 1. The van der Waals surface area contributed by atoms with Crippen molar-refractivity contribution >= 4 is 22.5 Å². The average Bonchev–Trinajstić information content (AvgIpc) is 3.27. The first-order chi connectivity index (χ1) is 12.7. The molecule has 3 aliphatic rings. The van der Waals surface area contributed by atoms with Crippen molar-refractivity contribution in [2.75, 3.05) is 31.3 Å². The van der Waals surface area contributed by atoms with Crippen LogP contribution >= 0.6 is 0 Å². The number of aromatic nitrogens is 1. The SMILES string of the molecule is Cc1cc(N2CCC[C@H](N3CCCC3=O)C2)c2cc3c(cc2n1)OCO3. The highest BCUT2D eigenvalue weighted by atomic mass is 16.7. The topological polar surface area (TPSA) is 54.9 Å². The molecular formula is C20H23N3O3. The van der Waals surface area contributed by atoms with E-state index in [-0.39, 0.29) is 6.79 Å². The Labute approximate surface area is 152 Å². The van der Waals surface area contributed by atoms with Gasteiger partial charge in [0.1, 0.15) is 0 Å². The second-order valence-corrected chi connectivity index (χ2v) is 7.44. The highest BCUT2D eigenvalue weighted by Gasteiger charge is 2.32. The van der Waals surface area contributed by atoms with Crippen LogP contribution in [0.2, 0.25) is 0 Å². The Morgan fingerprint density at radius 2 is 1.96 bits per heavy atom. The number of benzene rings is 1. The van der Waals surface area contributed by atoms with E-state index in [1.807, 2.05) is 19.1 Å². The molecule has 0 spiro atoms. The first-order valence-corrected chi connectivity index (χ1v) is 9.44. The molecule has 1 atom stereocenters. The van der Waals surface area contributed by atoms with E-state index in [4.69, 9.17) is 14.5 Å². The summed E-state index contributed by atoms with van der Waals surface area (Å²) in [5.41, 5.74) is 3.11. The van der Waals surface area contributed by atoms with E-state index in [0.717, 1.165) is 67.0 Å². The number of ether oxygens (including phenoxy) is 2. The van der Waals surface area contributed by atoms with Crippen LogP contribution in [0.15, 0.2) is 18.2 Å². The minimum atomic E-state index is 0.267. The maximum absolute atomic E-state index is 12.2.